The van der Waals surface area contributed by atoms with Crippen LogP contribution in [0.25, 0.3) is 21.9 Å². The molecular weight excluding hydrogens is 350 g/mol. The summed E-state index contributed by atoms with van der Waals surface area (Å²) in [5.74, 6) is -1.36. The van der Waals surface area contributed by atoms with Crippen LogP contribution in [0.1, 0.15) is 0 Å². The van der Waals surface area contributed by atoms with Crippen LogP contribution in [0.4, 0.5) is 8.78 Å². The zero-order valence-corrected chi connectivity index (χ0v) is 15.4. The number of fused-ring (bicyclic) bond motifs is 3. The predicted octanol–water partition coefficient (Wildman–Crippen LogP) is 2.23. The molecule has 0 aliphatic rings. The summed E-state index contributed by atoms with van der Waals surface area (Å²) in [5.41, 5.74) is 0.0655. The second kappa shape index (κ2) is 6.38. The average Bonchev–Trinajstić information content (AvgIpc) is 2.90. The van der Waals surface area contributed by atoms with Crippen LogP contribution in [-0.2, 0) is 18.5 Å². The lowest BCUT2D eigenvalue weighted by Gasteiger charge is -2.24. The molecule has 0 aliphatic carbocycles. The van der Waals surface area contributed by atoms with E-state index in [2.05, 4.69) is 29.1 Å². The summed E-state index contributed by atoms with van der Waals surface area (Å²) < 4.78 is 36.1. The van der Waals surface area contributed by atoms with E-state index in [1.165, 1.54) is 15.3 Å². The molecule has 0 amide bonds. The lowest BCUT2D eigenvalue weighted by molar-refractivity contribution is 0.0902. The molecule has 0 N–H and O–H groups in total. The fraction of sp³-hybridized carbons (Fsp3) is 0.438. The van der Waals surface area contributed by atoms with Gasteiger partial charge in [0, 0.05) is 18.2 Å². The van der Waals surface area contributed by atoms with Crippen LogP contribution in [0.3, 0.4) is 0 Å². The van der Waals surface area contributed by atoms with Gasteiger partial charge >= 0.3 is 0 Å². The van der Waals surface area contributed by atoms with E-state index in [1.807, 2.05) is 0 Å². The Labute approximate surface area is 144 Å². The van der Waals surface area contributed by atoms with E-state index in [4.69, 9.17) is 4.74 Å². The summed E-state index contributed by atoms with van der Waals surface area (Å²) in [6.07, 6.45) is 6.49. The third-order valence-corrected chi connectivity index (χ3v) is 5.33. The van der Waals surface area contributed by atoms with Gasteiger partial charge in [-0.3, -0.25) is 9.36 Å². The Kier molecular flexibility index (Phi) is 4.54. The molecule has 6 nitrogen and oxygen atoms in total. The summed E-state index contributed by atoms with van der Waals surface area (Å²) in [7, 11) is 0.905. The monoisotopic (exact) mass is 370 g/mol. The van der Waals surface area contributed by atoms with Crippen LogP contribution in [0.2, 0.25) is 0 Å². The molecule has 0 aliphatic heterocycles. The van der Waals surface area contributed by atoms with Gasteiger partial charge in [-0.1, -0.05) is 5.21 Å². The summed E-state index contributed by atoms with van der Waals surface area (Å²) in [6, 6.07) is 2.37. The van der Waals surface area contributed by atoms with Gasteiger partial charge in [0.05, 0.1) is 12.0 Å². The SMILES string of the molecule is Cn1nnc2c1c1ccc(F)c(F)c1c(=O)n2COCCS(C)(C)C. The Balaban J connectivity index is 2.12. The number of hydrogen-bond acceptors (Lipinski definition) is 4. The van der Waals surface area contributed by atoms with Crippen molar-refractivity contribution < 1.29 is 13.5 Å². The van der Waals surface area contributed by atoms with Gasteiger partial charge in [-0.15, -0.1) is 5.10 Å². The van der Waals surface area contributed by atoms with Gasteiger partial charge in [0.1, 0.15) is 12.2 Å². The minimum atomic E-state index is -1.17. The molecule has 0 radical (unpaired) electrons. The van der Waals surface area contributed by atoms with Crippen molar-refractivity contribution in [2.24, 2.45) is 7.05 Å². The van der Waals surface area contributed by atoms with Gasteiger partial charge in [-0.2, -0.15) is 0 Å². The second-order valence-corrected chi connectivity index (χ2v) is 11.3. The van der Waals surface area contributed by atoms with Gasteiger partial charge in [0.15, 0.2) is 17.3 Å². The second-order valence-electron chi connectivity index (χ2n) is 6.73. The van der Waals surface area contributed by atoms with Gasteiger partial charge in [0.25, 0.3) is 5.56 Å². The van der Waals surface area contributed by atoms with Crippen LogP contribution >= 0.6 is 10.0 Å². The topological polar surface area (TPSA) is 61.9 Å². The maximum absolute atomic E-state index is 14.3. The predicted molar refractivity (Wildman–Crippen MR) is 96.4 cm³/mol. The molecule has 2 heterocycles. The molecule has 0 saturated heterocycles. The lowest BCUT2D eigenvalue weighted by Crippen LogP contribution is -2.24. The van der Waals surface area contributed by atoms with Gasteiger partial charge in [0.2, 0.25) is 0 Å². The maximum Gasteiger partial charge on any atom is 0.265 e. The molecule has 25 heavy (non-hydrogen) atoms. The normalized spacial score (nSPS) is 13.0. The van der Waals surface area contributed by atoms with Crippen molar-refractivity contribution in [3.05, 3.63) is 34.1 Å². The molecular formula is C16H20F2N4O2S. The number of rotatable bonds is 5. The quantitative estimate of drug-likeness (QED) is 0.646. The van der Waals surface area contributed by atoms with E-state index in [1.54, 1.807) is 7.05 Å². The van der Waals surface area contributed by atoms with Crippen molar-refractivity contribution in [1.82, 2.24) is 19.6 Å². The molecule has 9 heteroatoms. The van der Waals surface area contributed by atoms with Crippen molar-refractivity contribution in [3.63, 3.8) is 0 Å². The van der Waals surface area contributed by atoms with Gasteiger partial charge in [-0.05, 0) is 30.9 Å². The number of nitrogens with zero attached hydrogens (tertiary/aromatic N) is 4. The van der Waals surface area contributed by atoms with Crippen LogP contribution in [0, 0.1) is 11.6 Å². The van der Waals surface area contributed by atoms with E-state index < -0.39 is 27.2 Å². The Hall–Kier alpha value is -2.00. The summed E-state index contributed by atoms with van der Waals surface area (Å²) in [5, 5.41) is 7.86. The van der Waals surface area contributed by atoms with Crippen molar-refractivity contribution in [2.45, 2.75) is 6.73 Å². The smallest absolute Gasteiger partial charge is 0.265 e. The number of aryl methyl sites for hydroxylation is 1. The molecule has 2 aromatic heterocycles. The highest BCUT2D eigenvalue weighted by molar-refractivity contribution is 8.32. The summed E-state index contributed by atoms with van der Waals surface area (Å²) in [4.78, 5) is 12.7. The Morgan fingerprint density at radius 2 is 1.96 bits per heavy atom. The van der Waals surface area contributed by atoms with Gasteiger partial charge in [-0.25, -0.2) is 23.5 Å². The van der Waals surface area contributed by atoms with E-state index in [9.17, 15) is 13.6 Å². The summed E-state index contributed by atoms with van der Waals surface area (Å²) in [6.45, 7) is 0.381. The van der Waals surface area contributed by atoms with Gasteiger partial charge < -0.3 is 4.74 Å². The molecule has 0 atom stereocenters. The number of aromatic nitrogens is 4. The highest BCUT2D eigenvalue weighted by Crippen LogP contribution is 2.33. The van der Waals surface area contributed by atoms with E-state index in [0.29, 0.717) is 12.1 Å². The molecule has 0 unspecified atom stereocenters. The molecule has 0 bridgehead atoms. The third kappa shape index (κ3) is 3.25. The minimum Gasteiger partial charge on any atom is -0.360 e. The minimum absolute atomic E-state index is 0.0879. The number of benzene rings is 1. The van der Waals surface area contributed by atoms with Crippen molar-refractivity contribution in [3.8, 4) is 0 Å². The number of halogens is 2. The standard InChI is InChI=1S/C16H20F2N4O2S/c1-21-14-10-5-6-11(17)13(18)12(10)16(23)22(15(14)19-20-21)9-24-7-8-25(2,3)4/h5-6H,7-9H2,1-4H3. The van der Waals surface area contributed by atoms with Crippen LogP contribution in [-0.4, -0.2) is 50.7 Å². The highest BCUT2D eigenvalue weighted by atomic mass is 32.3. The largest absolute Gasteiger partial charge is 0.360 e. The zero-order chi connectivity index (χ0) is 18.4. The first-order valence-corrected chi connectivity index (χ1v) is 10.7. The molecule has 0 saturated carbocycles. The summed E-state index contributed by atoms with van der Waals surface area (Å²) >= 11 is 0. The Morgan fingerprint density at radius 3 is 2.64 bits per heavy atom. The van der Waals surface area contributed by atoms with Crippen LogP contribution in [0.5, 0.6) is 0 Å². The van der Waals surface area contributed by atoms with E-state index in [-0.39, 0.29) is 23.2 Å². The molecule has 3 aromatic rings. The average molecular weight is 370 g/mol. The first-order chi connectivity index (χ1) is 11.7. The van der Waals surface area contributed by atoms with Crippen LogP contribution in [0.15, 0.2) is 16.9 Å². The van der Waals surface area contributed by atoms with E-state index >= 15 is 0 Å². The third-order valence-electron chi connectivity index (χ3n) is 3.93. The molecule has 0 fully saturated rings. The number of ether oxygens (including phenoxy) is 1. The van der Waals surface area contributed by atoms with Crippen LogP contribution < -0.4 is 5.56 Å². The maximum atomic E-state index is 14.3. The molecule has 0 spiro atoms. The highest BCUT2D eigenvalue weighted by Gasteiger charge is 2.20. The molecule has 3 rings (SSSR count). The lowest BCUT2D eigenvalue weighted by atomic mass is 10.1. The Bertz CT molecular complexity index is 1010. The van der Waals surface area contributed by atoms with E-state index in [0.717, 1.165) is 11.8 Å². The number of hydrogen-bond donors (Lipinski definition) is 0. The van der Waals surface area contributed by atoms with Crippen molar-refractivity contribution in [2.75, 3.05) is 31.1 Å². The molecule has 136 valence electrons. The van der Waals surface area contributed by atoms with Crippen molar-refractivity contribution >= 4 is 32.0 Å². The first kappa shape index (κ1) is 17.8. The first-order valence-electron chi connectivity index (χ1n) is 7.64. The fourth-order valence-electron chi connectivity index (χ4n) is 2.60. The number of pyridine rings is 1. The Morgan fingerprint density at radius 1 is 1.24 bits per heavy atom. The fourth-order valence-corrected chi connectivity index (χ4v) is 3.21. The van der Waals surface area contributed by atoms with Crippen molar-refractivity contribution in [1.29, 1.82) is 0 Å². The molecule has 1 aromatic carbocycles. The zero-order valence-electron chi connectivity index (χ0n) is 14.5.